The van der Waals surface area contributed by atoms with E-state index in [1.807, 2.05) is 0 Å². The van der Waals surface area contributed by atoms with E-state index in [4.69, 9.17) is 0 Å². The second-order valence-corrected chi connectivity index (χ2v) is 9.73. The molecule has 2 rings (SSSR count). The lowest BCUT2D eigenvalue weighted by Gasteiger charge is -2.18. The maximum atomic E-state index is 2.45. The van der Waals surface area contributed by atoms with Crippen LogP contribution in [0.2, 0.25) is 0 Å². The first-order chi connectivity index (χ1) is 8.16. The van der Waals surface area contributed by atoms with Gasteiger partial charge < -0.3 is 17.0 Å². The van der Waals surface area contributed by atoms with E-state index in [1.165, 1.54) is 23.5 Å². The summed E-state index contributed by atoms with van der Waals surface area (Å²) in [5.74, 6) is 0. The minimum atomic E-state index is -0.886. The van der Waals surface area contributed by atoms with Gasteiger partial charge in [-0.2, -0.15) is 0 Å². The van der Waals surface area contributed by atoms with Gasteiger partial charge in [0.05, 0.1) is 12.3 Å². The summed E-state index contributed by atoms with van der Waals surface area (Å²) in [5, 5.41) is 0. The first-order valence-corrected chi connectivity index (χ1v) is 9.11. The number of hydrogen-bond acceptors (Lipinski definition) is 0. The molecule has 0 aliphatic heterocycles. The Balaban J connectivity index is 0.00000162. The Hall–Kier alpha value is -0.650. The van der Waals surface area contributed by atoms with E-state index in [2.05, 4.69) is 74.0 Å². The molecule has 18 heavy (non-hydrogen) atoms. The molecule has 0 aromatic heterocycles. The molecule has 0 N–H and O–H groups in total. The molecule has 0 unspecified atom stereocenters. The van der Waals surface area contributed by atoms with Crippen LogP contribution in [0, 0.1) is 0 Å². The molecule has 2 aromatic carbocycles. The third kappa shape index (κ3) is 4.92. The van der Waals surface area contributed by atoms with E-state index in [9.17, 15) is 0 Å². The molecule has 0 fully saturated rings. The number of rotatable bonds is 4. The van der Waals surface area contributed by atoms with Gasteiger partial charge in [0.1, 0.15) is 0 Å². The van der Waals surface area contributed by atoms with Crippen LogP contribution < -0.4 is 17.0 Å². The van der Waals surface area contributed by atoms with Crippen molar-refractivity contribution in [3.8, 4) is 0 Å². The second kappa shape index (κ2) is 7.07. The van der Waals surface area contributed by atoms with Gasteiger partial charge in [-0.05, 0) is 11.1 Å². The van der Waals surface area contributed by atoms with Crippen molar-refractivity contribution in [1.82, 2.24) is 0 Å². The summed E-state index contributed by atoms with van der Waals surface area (Å²) in [6.07, 6.45) is 2.48. The highest BCUT2D eigenvalue weighted by molar-refractivity contribution is 7.72. The van der Waals surface area contributed by atoms with Crippen LogP contribution in [0.15, 0.2) is 60.7 Å². The molecule has 0 spiro atoms. The van der Waals surface area contributed by atoms with E-state index < -0.39 is 7.26 Å². The van der Waals surface area contributed by atoms with Gasteiger partial charge in [0.25, 0.3) is 0 Å². The molecule has 0 saturated heterocycles. The van der Waals surface area contributed by atoms with Crippen LogP contribution in [0.1, 0.15) is 11.1 Å². The van der Waals surface area contributed by atoms with Crippen molar-refractivity contribution in [3.63, 3.8) is 0 Å². The Morgan fingerprint density at radius 1 is 0.667 bits per heavy atom. The topological polar surface area (TPSA) is 0 Å². The molecule has 0 atom stereocenters. The Morgan fingerprint density at radius 3 is 1.33 bits per heavy atom. The summed E-state index contributed by atoms with van der Waals surface area (Å²) >= 11 is 0. The van der Waals surface area contributed by atoms with Crippen molar-refractivity contribution in [3.05, 3.63) is 71.8 Å². The number of hydrogen-bond donors (Lipinski definition) is 0. The highest BCUT2D eigenvalue weighted by Gasteiger charge is 2.25. The van der Waals surface area contributed by atoms with Crippen molar-refractivity contribution in [2.45, 2.75) is 12.3 Å². The van der Waals surface area contributed by atoms with Gasteiger partial charge in [-0.1, -0.05) is 60.7 Å². The fourth-order valence-electron chi connectivity index (χ4n) is 2.21. The fourth-order valence-corrected chi connectivity index (χ4v) is 4.72. The Kier molecular flexibility index (Phi) is 6.05. The van der Waals surface area contributed by atoms with E-state index in [1.54, 1.807) is 0 Å². The van der Waals surface area contributed by atoms with Gasteiger partial charge in [0, 0.05) is 20.6 Å². The molecule has 0 bridgehead atoms. The smallest absolute Gasteiger partial charge is 0.0840 e. The lowest BCUT2D eigenvalue weighted by atomic mass is 10.2. The van der Waals surface area contributed by atoms with Crippen molar-refractivity contribution in [1.29, 1.82) is 0 Å². The molecule has 0 amide bonds. The second-order valence-electron chi connectivity index (χ2n) is 5.22. The largest absolute Gasteiger partial charge is 1.00 e. The predicted octanol–water partition coefficient (Wildman–Crippen LogP) is 1.67. The molecule has 0 aliphatic carbocycles. The maximum Gasteiger partial charge on any atom is 0.0840 e. The van der Waals surface area contributed by atoms with Gasteiger partial charge in [-0.15, -0.1) is 0 Å². The Morgan fingerprint density at radius 2 is 1.00 bits per heavy atom. The Labute approximate surface area is 122 Å². The summed E-state index contributed by atoms with van der Waals surface area (Å²) in [6, 6.07) is 21.7. The summed E-state index contributed by atoms with van der Waals surface area (Å²) in [5.41, 5.74) is 2.95. The van der Waals surface area contributed by atoms with Crippen molar-refractivity contribution >= 4 is 7.26 Å². The van der Waals surface area contributed by atoms with Crippen molar-refractivity contribution < 1.29 is 17.0 Å². The van der Waals surface area contributed by atoms with E-state index in [-0.39, 0.29) is 17.0 Å². The summed E-state index contributed by atoms with van der Waals surface area (Å²) in [6.45, 7) is 4.90. The predicted molar refractivity (Wildman–Crippen MR) is 79.1 cm³/mol. The van der Waals surface area contributed by atoms with E-state index in [0.29, 0.717) is 0 Å². The van der Waals surface area contributed by atoms with Gasteiger partial charge in [-0.25, -0.2) is 0 Å². The average molecular weight is 323 g/mol. The molecule has 96 valence electrons. The summed E-state index contributed by atoms with van der Waals surface area (Å²) in [7, 11) is -0.886. The quantitative estimate of drug-likeness (QED) is 0.751. The van der Waals surface area contributed by atoms with Gasteiger partial charge in [-0.3, -0.25) is 0 Å². The minimum absolute atomic E-state index is 0. The normalized spacial score (nSPS) is 10.8. The first-order valence-electron chi connectivity index (χ1n) is 6.06. The van der Waals surface area contributed by atoms with Crippen LogP contribution in [-0.2, 0) is 12.3 Å². The molecular formula is C16H20BrP. The van der Waals surface area contributed by atoms with Crippen LogP contribution in [0.3, 0.4) is 0 Å². The molecule has 0 radical (unpaired) electrons. The van der Waals surface area contributed by atoms with E-state index in [0.717, 1.165) is 0 Å². The monoisotopic (exact) mass is 322 g/mol. The highest BCUT2D eigenvalue weighted by atomic mass is 79.9. The fraction of sp³-hybridized carbons (Fsp3) is 0.250. The zero-order valence-corrected chi connectivity index (χ0v) is 13.5. The average Bonchev–Trinajstić information content (AvgIpc) is 2.30. The van der Waals surface area contributed by atoms with Crippen molar-refractivity contribution in [2.24, 2.45) is 0 Å². The lowest BCUT2D eigenvalue weighted by Crippen LogP contribution is -3.00. The standard InChI is InChI=1S/C16H20P.BrH/c1-17(2,13-15-9-5-3-6-10-15)14-16-11-7-4-8-12-16;/h3-12H,13-14H2,1-2H3;1H/q+1;/p-1. The number of benzene rings is 2. The molecule has 0 saturated carbocycles. The Bertz CT molecular complexity index is 408. The number of halogens is 1. The van der Waals surface area contributed by atoms with Gasteiger partial charge in [0.2, 0.25) is 0 Å². The third-order valence-corrected chi connectivity index (χ3v) is 5.35. The molecule has 0 heterocycles. The van der Waals surface area contributed by atoms with E-state index >= 15 is 0 Å². The van der Waals surface area contributed by atoms with Crippen LogP contribution >= 0.6 is 7.26 Å². The minimum Gasteiger partial charge on any atom is -1.00 e. The summed E-state index contributed by atoms with van der Waals surface area (Å²) < 4.78 is 0. The van der Waals surface area contributed by atoms with Crippen LogP contribution in [0.25, 0.3) is 0 Å². The maximum absolute atomic E-state index is 2.45. The molecule has 2 heteroatoms. The summed E-state index contributed by atoms with van der Waals surface area (Å²) in [4.78, 5) is 0. The third-order valence-electron chi connectivity index (χ3n) is 2.91. The first kappa shape index (κ1) is 15.4. The molecular weight excluding hydrogens is 303 g/mol. The van der Waals surface area contributed by atoms with Crippen LogP contribution in [0.5, 0.6) is 0 Å². The lowest BCUT2D eigenvalue weighted by molar-refractivity contribution is -0.00000376. The molecule has 0 nitrogen and oxygen atoms in total. The van der Waals surface area contributed by atoms with Crippen molar-refractivity contribution in [2.75, 3.05) is 13.3 Å². The highest BCUT2D eigenvalue weighted by Crippen LogP contribution is 2.57. The van der Waals surface area contributed by atoms with Gasteiger partial charge >= 0.3 is 0 Å². The zero-order chi connectivity index (χ0) is 12.1. The molecule has 0 aliphatic rings. The van der Waals surface area contributed by atoms with Gasteiger partial charge in [0.15, 0.2) is 0 Å². The SMILES string of the molecule is C[P+](C)(Cc1ccccc1)Cc1ccccc1.[Br-]. The zero-order valence-electron chi connectivity index (χ0n) is 11.0. The van der Waals surface area contributed by atoms with Crippen LogP contribution in [-0.4, -0.2) is 13.3 Å². The van der Waals surface area contributed by atoms with Crippen LogP contribution in [0.4, 0.5) is 0 Å². The molecule has 2 aromatic rings.